The van der Waals surface area contributed by atoms with Gasteiger partial charge in [-0.2, -0.15) is 0 Å². The summed E-state index contributed by atoms with van der Waals surface area (Å²) < 4.78 is 6.88. The smallest absolute Gasteiger partial charge is 0.311 e. The average molecular weight is 580 g/mol. The zero-order chi connectivity index (χ0) is 30.5. The molecule has 0 saturated heterocycles. The molecular formula is C32H29N5O6. The number of nitro groups is 1. The fourth-order valence-electron chi connectivity index (χ4n) is 4.93. The SMILES string of the molecule is COc1ccc(-c2nc3c(C(=O)NC(CC(=O)O)c4cccc(C)c4)cccn3c2NCc2ccccc2)cc1[N+](=O)[O-]. The molecule has 5 rings (SSSR count). The van der Waals surface area contributed by atoms with Crippen molar-refractivity contribution in [3.63, 3.8) is 0 Å². The zero-order valence-corrected chi connectivity index (χ0v) is 23.5. The van der Waals surface area contributed by atoms with E-state index >= 15 is 0 Å². The van der Waals surface area contributed by atoms with Gasteiger partial charge >= 0.3 is 11.7 Å². The first-order valence-electron chi connectivity index (χ1n) is 13.5. The van der Waals surface area contributed by atoms with E-state index in [1.54, 1.807) is 34.9 Å². The topological polar surface area (TPSA) is 148 Å². The number of fused-ring (bicyclic) bond motifs is 1. The molecule has 0 fully saturated rings. The largest absolute Gasteiger partial charge is 0.490 e. The molecular weight excluding hydrogens is 550 g/mol. The van der Waals surface area contributed by atoms with Crippen LogP contribution in [0.25, 0.3) is 16.9 Å². The van der Waals surface area contributed by atoms with E-state index in [1.165, 1.54) is 19.2 Å². The predicted octanol–water partition coefficient (Wildman–Crippen LogP) is 5.78. The summed E-state index contributed by atoms with van der Waals surface area (Å²) >= 11 is 0. The molecule has 0 bridgehead atoms. The maximum Gasteiger partial charge on any atom is 0.311 e. The van der Waals surface area contributed by atoms with Crippen molar-refractivity contribution in [3.05, 3.63) is 123 Å². The summed E-state index contributed by atoms with van der Waals surface area (Å²) in [5.74, 6) is -0.933. The van der Waals surface area contributed by atoms with Crippen molar-refractivity contribution in [1.29, 1.82) is 0 Å². The van der Waals surface area contributed by atoms with E-state index in [4.69, 9.17) is 9.72 Å². The minimum Gasteiger partial charge on any atom is -0.490 e. The molecule has 1 atom stereocenters. The predicted molar refractivity (Wildman–Crippen MR) is 161 cm³/mol. The van der Waals surface area contributed by atoms with Crippen molar-refractivity contribution in [1.82, 2.24) is 14.7 Å². The van der Waals surface area contributed by atoms with Crippen LogP contribution < -0.4 is 15.4 Å². The number of aryl methyl sites for hydroxylation is 1. The highest BCUT2D eigenvalue weighted by atomic mass is 16.6. The number of nitrogens with zero attached hydrogens (tertiary/aromatic N) is 3. The summed E-state index contributed by atoms with van der Waals surface area (Å²) in [4.78, 5) is 41.4. The van der Waals surface area contributed by atoms with Crippen LogP contribution in [0.15, 0.2) is 91.1 Å². The number of amides is 1. The number of hydrogen-bond acceptors (Lipinski definition) is 7. The quantitative estimate of drug-likeness (QED) is 0.132. The minimum absolute atomic E-state index is 0.108. The highest BCUT2D eigenvalue weighted by Crippen LogP contribution is 2.36. The maximum atomic E-state index is 13.7. The van der Waals surface area contributed by atoms with Crippen LogP contribution in [0.5, 0.6) is 5.75 Å². The number of rotatable bonds is 11. The number of carboxylic acid groups (broad SMARTS) is 1. The molecule has 0 aliphatic heterocycles. The lowest BCUT2D eigenvalue weighted by atomic mass is 10.0. The Morgan fingerprint density at radius 1 is 1.05 bits per heavy atom. The van der Waals surface area contributed by atoms with Gasteiger partial charge < -0.3 is 20.5 Å². The number of carboxylic acids is 1. The number of pyridine rings is 1. The number of benzene rings is 3. The fourth-order valence-corrected chi connectivity index (χ4v) is 4.93. The van der Waals surface area contributed by atoms with Gasteiger partial charge in [-0.3, -0.25) is 24.1 Å². The monoisotopic (exact) mass is 579 g/mol. The van der Waals surface area contributed by atoms with E-state index in [0.717, 1.165) is 11.1 Å². The van der Waals surface area contributed by atoms with Crippen molar-refractivity contribution < 1.29 is 24.4 Å². The lowest BCUT2D eigenvalue weighted by Gasteiger charge is -2.18. The number of ether oxygens (including phenoxy) is 1. The van der Waals surface area contributed by atoms with Crippen molar-refractivity contribution in [2.75, 3.05) is 12.4 Å². The number of nitro benzene ring substituents is 1. The van der Waals surface area contributed by atoms with Crippen LogP contribution in [0.4, 0.5) is 11.5 Å². The molecule has 1 amide bonds. The van der Waals surface area contributed by atoms with Crippen molar-refractivity contribution in [2.24, 2.45) is 0 Å². The van der Waals surface area contributed by atoms with Gasteiger partial charge in [0.25, 0.3) is 5.91 Å². The number of carbonyl (C=O) groups is 2. The number of hydrogen-bond donors (Lipinski definition) is 3. The van der Waals surface area contributed by atoms with Gasteiger partial charge in [0.1, 0.15) is 11.5 Å². The standard InChI is InChI=1S/C32H29N5O6/c1-20-8-6-11-22(16-20)25(18-28(38)39)34-32(40)24-12-7-15-36-30(24)35-29(31(36)33-19-21-9-4-3-5-10-21)23-13-14-27(43-2)26(17-23)37(41)42/h3-17,25,33H,18-19H2,1-2H3,(H,34,40)(H,38,39). The molecule has 0 radical (unpaired) electrons. The summed E-state index contributed by atoms with van der Waals surface area (Å²) in [6.07, 6.45) is 1.43. The second-order valence-corrected chi connectivity index (χ2v) is 9.95. The van der Waals surface area contributed by atoms with Crippen LogP contribution in [-0.4, -0.2) is 38.4 Å². The highest BCUT2D eigenvalue weighted by molar-refractivity contribution is 6.01. The Morgan fingerprint density at radius 3 is 2.53 bits per heavy atom. The number of imidazole rings is 1. The number of anilines is 1. The molecule has 0 aliphatic rings. The second kappa shape index (κ2) is 12.4. The van der Waals surface area contributed by atoms with E-state index in [-0.39, 0.29) is 23.4 Å². The Kier molecular flexibility index (Phi) is 8.33. The van der Waals surface area contributed by atoms with Gasteiger partial charge in [-0.1, -0.05) is 60.2 Å². The van der Waals surface area contributed by atoms with Gasteiger partial charge in [-0.25, -0.2) is 4.98 Å². The van der Waals surface area contributed by atoms with E-state index < -0.39 is 22.8 Å². The van der Waals surface area contributed by atoms with Crippen LogP contribution >= 0.6 is 0 Å². The van der Waals surface area contributed by atoms with Gasteiger partial charge in [-0.05, 0) is 42.3 Å². The molecule has 3 N–H and O–H groups in total. The van der Waals surface area contributed by atoms with Gasteiger partial charge in [0, 0.05) is 24.4 Å². The first kappa shape index (κ1) is 28.8. The zero-order valence-electron chi connectivity index (χ0n) is 23.5. The van der Waals surface area contributed by atoms with Gasteiger partial charge in [0.05, 0.1) is 30.1 Å². The first-order chi connectivity index (χ1) is 20.7. The molecule has 0 spiro atoms. The van der Waals surface area contributed by atoms with Crippen molar-refractivity contribution >= 4 is 29.0 Å². The molecule has 218 valence electrons. The van der Waals surface area contributed by atoms with Crippen LogP contribution in [0.2, 0.25) is 0 Å². The summed E-state index contributed by atoms with van der Waals surface area (Å²) in [5, 5.41) is 27.6. The van der Waals surface area contributed by atoms with Crippen LogP contribution in [0, 0.1) is 17.0 Å². The third-order valence-corrected chi connectivity index (χ3v) is 6.97. The Morgan fingerprint density at radius 2 is 1.84 bits per heavy atom. The summed E-state index contributed by atoms with van der Waals surface area (Å²) in [6, 6.07) is 24.1. The maximum absolute atomic E-state index is 13.7. The minimum atomic E-state index is -1.05. The number of methoxy groups -OCH3 is 1. The van der Waals surface area contributed by atoms with Gasteiger partial charge in [-0.15, -0.1) is 0 Å². The van der Waals surface area contributed by atoms with Gasteiger partial charge in [0.15, 0.2) is 11.4 Å². The molecule has 0 saturated carbocycles. The molecule has 1 unspecified atom stereocenters. The van der Waals surface area contributed by atoms with Crippen molar-refractivity contribution in [2.45, 2.75) is 25.9 Å². The highest BCUT2D eigenvalue weighted by Gasteiger charge is 2.25. The van der Waals surface area contributed by atoms with Crippen LogP contribution in [0.3, 0.4) is 0 Å². The second-order valence-electron chi connectivity index (χ2n) is 9.95. The third-order valence-electron chi connectivity index (χ3n) is 6.97. The van der Waals surface area contributed by atoms with Crippen LogP contribution in [0.1, 0.15) is 39.5 Å². The Bertz CT molecular complexity index is 1820. The van der Waals surface area contributed by atoms with E-state index in [9.17, 15) is 24.8 Å². The average Bonchev–Trinajstić information content (AvgIpc) is 3.38. The van der Waals surface area contributed by atoms with E-state index in [1.807, 2.05) is 55.5 Å². The number of nitrogens with one attached hydrogen (secondary N) is 2. The van der Waals surface area contributed by atoms with E-state index in [0.29, 0.717) is 34.8 Å². The number of carbonyl (C=O) groups excluding carboxylic acids is 1. The Hall–Kier alpha value is -5.71. The fraction of sp³-hybridized carbons (Fsp3) is 0.156. The Labute approximate surface area is 246 Å². The lowest BCUT2D eigenvalue weighted by molar-refractivity contribution is -0.385. The number of aliphatic carboxylic acids is 1. The molecule has 3 aromatic carbocycles. The third kappa shape index (κ3) is 6.30. The normalized spacial score (nSPS) is 11.6. The summed E-state index contributed by atoms with van der Waals surface area (Å²) in [6.45, 7) is 2.31. The first-order valence-corrected chi connectivity index (χ1v) is 13.5. The molecule has 2 heterocycles. The lowest BCUT2D eigenvalue weighted by Crippen LogP contribution is -2.30. The Balaban J connectivity index is 1.60. The van der Waals surface area contributed by atoms with Gasteiger partial charge in [0.2, 0.25) is 0 Å². The van der Waals surface area contributed by atoms with E-state index in [2.05, 4.69) is 10.6 Å². The van der Waals surface area contributed by atoms with Crippen molar-refractivity contribution in [3.8, 4) is 17.0 Å². The molecule has 0 aliphatic carbocycles. The number of aromatic nitrogens is 2. The molecule has 43 heavy (non-hydrogen) atoms. The molecule has 11 heteroatoms. The molecule has 2 aromatic heterocycles. The summed E-state index contributed by atoms with van der Waals surface area (Å²) in [7, 11) is 1.36. The van der Waals surface area contributed by atoms with Crippen LogP contribution in [-0.2, 0) is 11.3 Å². The molecule has 5 aromatic rings. The molecule has 11 nitrogen and oxygen atoms in total. The summed E-state index contributed by atoms with van der Waals surface area (Å²) in [5.41, 5.74) is 3.72.